The molecule has 0 bridgehead atoms. The normalized spacial score (nSPS) is 29.1. The van der Waals surface area contributed by atoms with E-state index in [0.717, 1.165) is 42.7 Å². The Morgan fingerprint density at radius 1 is 1.00 bits per heavy atom. The number of rotatable bonds is 0. The SMILES string of the molecule is O=c1[nH]c2c(c3c1CCCC3)OC1CCCCC21. The highest BCUT2D eigenvalue weighted by molar-refractivity contribution is 5.48. The molecule has 0 aromatic carbocycles. The number of hydrogen-bond donors (Lipinski definition) is 1. The van der Waals surface area contributed by atoms with Gasteiger partial charge in [0.25, 0.3) is 5.56 Å². The number of H-pyrrole nitrogens is 1. The molecule has 3 nitrogen and oxygen atoms in total. The molecule has 18 heavy (non-hydrogen) atoms. The van der Waals surface area contributed by atoms with E-state index >= 15 is 0 Å². The Hall–Kier alpha value is -1.25. The standard InChI is InChI=1S/C15H19NO2/c17-15-10-6-2-1-5-9(10)14-13(16-15)11-7-3-4-8-12(11)18-14/h11-12H,1-8H2,(H,16,17). The average molecular weight is 245 g/mol. The molecule has 1 aromatic heterocycles. The lowest BCUT2D eigenvalue weighted by molar-refractivity contribution is 0.162. The lowest BCUT2D eigenvalue weighted by Gasteiger charge is -2.23. The molecule has 1 fully saturated rings. The fourth-order valence-electron chi connectivity index (χ4n) is 3.94. The lowest BCUT2D eigenvalue weighted by Crippen LogP contribution is -2.23. The molecule has 1 aliphatic heterocycles. The number of hydrogen-bond acceptors (Lipinski definition) is 2. The van der Waals surface area contributed by atoms with E-state index in [1.165, 1.54) is 31.2 Å². The van der Waals surface area contributed by atoms with Crippen LogP contribution in [0.2, 0.25) is 0 Å². The summed E-state index contributed by atoms with van der Waals surface area (Å²) in [6.07, 6.45) is 9.48. The highest BCUT2D eigenvalue weighted by Crippen LogP contribution is 2.46. The number of fused-ring (bicyclic) bond motifs is 5. The zero-order valence-corrected chi connectivity index (χ0v) is 10.6. The van der Waals surface area contributed by atoms with Crippen molar-refractivity contribution in [2.45, 2.75) is 63.4 Å². The summed E-state index contributed by atoms with van der Waals surface area (Å²) in [5.74, 6) is 1.51. The monoisotopic (exact) mass is 245 g/mol. The van der Waals surface area contributed by atoms with Gasteiger partial charge in [-0.1, -0.05) is 6.42 Å². The van der Waals surface area contributed by atoms with Crippen LogP contribution in [0.4, 0.5) is 0 Å². The number of nitrogens with one attached hydrogen (secondary N) is 1. The van der Waals surface area contributed by atoms with Crippen LogP contribution >= 0.6 is 0 Å². The summed E-state index contributed by atoms with van der Waals surface area (Å²) in [5.41, 5.74) is 3.50. The molecule has 1 saturated carbocycles. The molecule has 1 aromatic rings. The van der Waals surface area contributed by atoms with Gasteiger partial charge in [-0.15, -0.1) is 0 Å². The molecule has 2 heterocycles. The van der Waals surface area contributed by atoms with Crippen LogP contribution in [0, 0.1) is 0 Å². The van der Waals surface area contributed by atoms with E-state index in [1.807, 2.05) is 0 Å². The number of aromatic nitrogens is 1. The van der Waals surface area contributed by atoms with Crippen molar-refractivity contribution in [3.63, 3.8) is 0 Å². The Labute approximate surface area is 107 Å². The third-order valence-electron chi connectivity index (χ3n) is 4.85. The molecular formula is C15H19NO2. The Morgan fingerprint density at radius 3 is 2.67 bits per heavy atom. The van der Waals surface area contributed by atoms with Gasteiger partial charge in [0.2, 0.25) is 0 Å². The van der Waals surface area contributed by atoms with Gasteiger partial charge >= 0.3 is 0 Å². The predicted molar refractivity (Wildman–Crippen MR) is 69.3 cm³/mol. The highest BCUT2D eigenvalue weighted by atomic mass is 16.5. The van der Waals surface area contributed by atoms with Crippen molar-refractivity contribution in [1.29, 1.82) is 0 Å². The van der Waals surface area contributed by atoms with Crippen LogP contribution in [0.25, 0.3) is 0 Å². The number of aromatic amines is 1. The van der Waals surface area contributed by atoms with Gasteiger partial charge in [-0.3, -0.25) is 4.79 Å². The molecule has 2 unspecified atom stereocenters. The first-order valence-corrected chi connectivity index (χ1v) is 7.29. The minimum Gasteiger partial charge on any atom is -0.488 e. The molecule has 0 radical (unpaired) electrons. The van der Waals surface area contributed by atoms with Gasteiger partial charge in [-0.25, -0.2) is 0 Å². The second kappa shape index (κ2) is 3.87. The zero-order chi connectivity index (χ0) is 12.1. The Bertz CT molecular complexity index is 546. The quantitative estimate of drug-likeness (QED) is 0.763. The first-order chi connectivity index (χ1) is 8.84. The van der Waals surface area contributed by atoms with E-state index < -0.39 is 0 Å². The maximum Gasteiger partial charge on any atom is 0.251 e. The van der Waals surface area contributed by atoms with E-state index in [2.05, 4.69) is 4.98 Å². The Morgan fingerprint density at radius 2 is 1.78 bits per heavy atom. The second-order valence-corrected chi connectivity index (χ2v) is 5.91. The summed E-state index contributed by atoms with van der Waals surface area (Å²) in [7, 11) is 0. The van der Waals surface area contributed by atoms with Crippen LogP contribution in [0.5, 0.6) is 5.75 Å². The van der Waals surface area contributed by atoms with Crippen molar-refractivity contribution in [2.75, 3.05) is 0 Å². The van der Waals surface area contributed by atoms with E-state index in [4.69, 9.17) is 4.74 Å². The van der Waals surface area contributed by atoms with Crippen LogP contribution in [0.15, 0.2) is 4.79 Å². The average Bonchev–Trinajstić information content (AvgIpc) is 2.78. The first-order valence-electron chi connectivity index (χ1n) is 7.29. The molecule has 2 atom stereocenters. The molecule has 3 aliphatic rings. The summed E-state index contributed by atoms with van der Waals surface area (Å²) in [6, 6.07) is 0. The minimum atomic E-state index is 0.151. The number of ether oxygens (including phenoxy) is 1. The van der Waals surface area contributed by atoms with Crippen LogP contribution < -0.4 is 10.3 Å². The lowest BCUT2D eigenvalue weighted by atomic mass is 9.84. The summed E-state index contributed by atoms with van der Waals surface area (Å²) in [6.45, 7) is 0. The van der Waals surface area contributed by atoms with Crippen molar-refractivity contribution in [3.05, 3.63) is 27.2 Å². The van der Waals surface area contributed by atoms with Crippen LogP contribution in [-0.4, -0.2) is 11.1 Å². The molecule has 0 spiro atoms. The summed E-state index contributed by atoms with van der Waals surface area (Å²) >= 11 is 0. The summed E-state index contributed by atoms with van der Waals surface area (Å²) in [4.78, 5) is 15.3. The Kier molecular flexibility index (Phi) is 2.29. The third kappa shape index (κ3) is 1.39. The third-order valence-corrected chi connectivity index (χ3v) is 4.85. The van der Waals surface area contributed by atoms with E-state index in [1.54, 1.807) is 0 Å². The Balaban J connectivity index is 1.88. The summed E-state index contributed by atoms with van der Waals surface area (Å²) in [5, 5.41) is 0. The topological polar surface area (TPSA) is 42.1 Å². The fraction of sp³-hybridized carbons (Fsp3) is 0.667. The van der Waals surface area contributed by atoms with Gasteiger partial charge in [0.05, 0.1) is 5.69 Å². The molecule has 2 aliphatic carbocycles. The first kappa shape index (κ1) is 10.7. The van der Waals surface area contributed by atoms with E-state index in [-0.39, 0.29) is 5.56 Å². The smallest absolute Gasteiger partial charge is 0.251 e. The van der Waals surface area contributed by atoms with Crippen LogP contribution in [-0.2, 0) is 12.8 Å². The van der Waals surface area contributed by atoms with E-state index in [9.17, 15) is 4.79 Å². The van der Waals surface area contributed by atoms with Crippen molar-refractivity contribution in [2.24, 2.45) is 0 Å². The van der Waals surface area contributed by atoms with Crippen LogP contribution in [0.3, 0.4) is 0 Å². The highest BCUT2D eigenvalue weighted by Gasteiger charge is 2.39. The second-order valence-electron chi connectivity index (χ2n) is 5.91. The van der Waals surface area contributed by atoms with Gasteiger partial charge in [-0.2, -0.15) is 0 Å². The van der Waals surface area contributed by atoms with Crippen molar-refractivity contribution >= 4 is 0 Å². The van der Waals surface area contributed by atoms with Crippen molar-refractivity contribution in [1.82, 2.24) is 4.98 Å². The maximum absolute atomic E-state index is 12.2. The summed E-state index contributed by atoms with van der Waals surface area (Å²) < 4.78 is 6.19. The largest absolute Gasteiger partial charge is 0.488 e. The molecular weight excluding hydrogens is 226 g/mol. The molecule has 0 amide bonds. The van der Waals surface area contributed by atoms with Crippen LogP contribution in [0.1, 0.15) is 61.3 Å². The molecule has 0 saturated heterocycles. The number of pyridine rings is 1. The van der Waals surface area contributed by atoms with Gasteiger partial charge < -0.3 is 9.72 Å². The van der Waals surface area contributed by atoms with Gasteiger partial charge in [0.1, 0.15) is 11.9 Å². The maximum atomic E-state index is 12.2. The fourth-order valence-corrected chi connectivity index (χ4v) is 3.94. The van der Waals surface area contributed by atoms with Gasteiger partial charge in [0, 0.05) is 17.0 Å². The molecule has 4 rings (SSSR count). The predicted octanol–water partition coefficient (Wildman–Crippen LogP) is 2.67. The van der Waals surface area contributed by atoms with Crippen molar-refractivity contribution < 1.29 is 4.74 Å². The molecule has 96 valence electrons. The molecule has 3 heteroatoms. The van der Waals surface area contributed by atoms with Gasteiger partial charge in [-0.05, 0) is 44.9 Å². The zero-order valence-electron chi connectivity index (χ0n) is 10.6. The van der Waals surface area contributed by atoms with Gasteiger partial charge in [0.15, 0.2) is 0 Å². The van der Waals surface area contributed by atoms with Crippen molar-refractivity contribution in [3.8, 4) is 5.75 Å². The van der Waals surface area contributed by atoms with E-state index in [0.29, 0.717) is 12.0 Å². The minimum absolute atomic E-state index is 0.151. The molecule has 1 N–H and O–H groups in total.